The summed E-state index contributed by atoms with van der Waals surface area (Å²) >= 11 is 0. The van der Waals surface area contributed by atoms with E-state index >= 15 is 0 Å². The van der Waals surface area contributed by atoms with Crippen molar-refractivity contribution < 1.29 is 9.53 Å². The van der Waals surface area contributed by atoms with Crippen LogP contribution in [-0.4, -0.2) is 38.8 Å². The zero-order chi connectivity index (χ0) is 9.23. The van der Waals surface area contributed by atoms with Crippen LogP contribution in [0.1, 0.15) is 13.8 Å². The summed E-state index contributed by atoms with van der Waals surface area (Å²) in [6.45, 7) is 6.99. The number of amides is 1. The van der Waals surface area contributed by atoms with Crippen molar-refractivity contribution in [3.63, 3.8) is 0 Å². The predicted octanol–water partition coefficient (Wildman–Crippen LogP) is -0.251. The van der Waals surface area contributed by atoms with Crippen molar-refractivity contribution in [2.45, 2.75) is 13.8 Å². The Balaban J connectivity index is 3.08. The SMILES string of the molecule is CCNCC(=O)NCCOCC. The van der Waals surface area contributed by atoms with E-state index in [4.69, 9.17) is 4.74 Å². The molecule has 0 saturated heterocycles. The predicted molar refractivity (Wildman–Crippen MR) is 48.0 cm³/mol. The molecule has 0 rings (SSSR count). The van der Waals surface area contributed by atoms with Crippen molar-refractivity contribution in [1.29, 1.82) is 0 Å². The van der Waals surface area contributed by atoms with E-state index in [1.807, 2.05) is 13.8 Å². The van der Waals surface area contributed by atoms with E-state index in [1.165, 1.54) is 0 Å². The number of carbonyl (C=O) groups excluding carboxylic acids is 1. The summed E-state index contributed by atoms with van der Waals surface area (Å²) < 4.78 is 5.05. The van der Waals surface area contributed by atoms with Crippen molar-refractivity contribution in [3.8, 4) is 0 Å². The average Bonchev–Trinajstić information content (AvgIpc) is 2.09. The first-order valence-electron chi connectivity index (χ1n) is 4.36. The molecule has 0 atom stereocenters. The summed E-state index contributed by atoms with van der Waals surface area (Å²) in [4.78, 5) is 10.9. The fourth-order valence-corrected chi connectivity index (χ4v) is 0.708. The van der Waals surface area contributed by atoms with Crippen LogP contribution in [-0.2, 0) is 9.53 Å². The highest BCUT2D eigenvalue weighted by atomic mass is 16.5. The van der Waals surface area contributed by atoms with Gasteiger partial charge in [-0.05, 0) is 13.5 Å². The molecule has 0 bridgehead atoms. The molecular formula is C8H18N2O2. The first-order valence-corrected chi connectivity index (χ1v) is 4.36. The van der Waals surface area contributed by atoms with Gasteiger partial charge in [0.2, 0.25) is 5.91 Å². The third-order valence-corrected chi connectivity index (χ3v) is 1.31. The number of hydrogen-bond donors (Lipinski definition) is 2. The number of carbonyl (C=O) groups is 1. The Kier molecular flexibility index (Phi) is 8.05. The lowest BCUT2D eigenvalue weighted by atomic mass is 10.5. The van der Waals surface area contributed by atoms with E-state index in [0.717, 1.165) is 6.54 Å². The van der Waals surface area contributed by atoms with Crippen molar-refractivity contribution in [1.82, 2.24) is 10.6 Å². The summed E-state index contributed by atoms with van der Waals surface area (Å²) in [6.07, 6.45) is 0. The molecule has 0 aliphatic rings. The van der Waals surface area contributed by atoms with E-state index < -0.39 is 0 Å². The van der Waals surface area contributed by atoms with Crippen LogP contribution in [0.3, 0.4) is 0 Å². The van der Waals surface area contributed by atoms with Crippen LogP contribution < -0.4 is 10.6 Å². The fourth-order valence-electron chi connectivity index (χ4n) is 0.708. The van der Waals surface area contributed by atoms with Gasteiger partial charge in [-0.2, -0.15) is 0 Å². The van der Waals surface area contributed by atoms with Gasteiger partial charge in [0, 0.05) is 13.2 Å². The molecule has 0 spiro atoms. The molecule has 0 fully saturated rings. The van der Waals surface area contributed by atoms with Crippen molar-refractivity contribution in [2.75, 3.05) is 32.8 Å². The minimum atomic E-state index is 0.0246. The van der Waals surface area contributed by atoms with Gasteiger partial charge in [-0.3, -0.25) is 4.79 Å². The van der Waals surface area contributed by atoms with E-state index in [9.17, 15) is 4.79 Å². The number of hydrogen-bond acceptors (Lipinski definition) is 3. The standard InChI is InChI=1S/C8H18N2O2/c1-3-9-7-8(11)10-5-6-12-4-2/h9H,3-7H2,1-2H3,(H,10,11). The zero-order valence-corrected chi connectivity index (χ0v) is 7.85. The summed E-state index contributed by atoms with van der Waals surface area (Å²) in [5.41, 5.74) is 0. The quantitative estimate of drug-likeness (QED) is 0.523. The van der Waals surface area contributed by atoms with E-state index in [-0.39, 0.29) is 5.91 Å². The summed E-state index contributed by atoms with van der Waals surface area (Å²) in [5.74, 6) is 0.0246. The zero-order valence-electron chi connectivity index (χ0n) is 7.85. The average molecular weight is 174 g/mol. The smallest absolute Gasteiger partial charge is 0.234 e. The molecule has 0 unspecified atom stereocenters. The normalized spacial score (nSPS) is 9.83. The molecule has 0 saturated carbocycles. The Morgan fingerprint density at radius 3 is 2.75 bits per heavy atom. The van der Waals surface area contributed by atoms with Crippen molar-refractivity contribution >= 4 is 5.91 Å². The molecule has 0 radical (unpaired) electrons. The highest BCUT2D eigenvalue weighted by Crippen LogP contribution is 1.70. The molecule has 1 amide bonds. The lowest BCUT2D eigenvalue weighted by Crippen LogP contribution is -2.35. The van der Waals surface area contributed by atoms with Crippen LogP contribution in [0, 0.1) is 0 Å². The molecule has 0 heterocycles. The Morgan fingerprint density at radius 2 is 2.17 bits per heavy atom. The van der Waals surface area contributed by atoms with Gasteiger partial charge in [-0.15, -0.1) is 0 Å². The molecule has 2 N–H and O–H groups in total. The molecule has 0 aliphatic carbocycles. The summed E-state index contributed by atoms with van der Waals surface area (Å²) in [6, 6.07) is 0. The molecule has 4 heteroatoms. The maximum absolute atomic E-state index is 10.9. The minimum Gasteiger partial charge on any atom is -0.380 e. The maximum Gasteiger partial charge on any atom is 0.234 e. The molecule has 12 heavy (non-hydrogen) atoms. The summed E-state index contributed by atoms with van der Waals surface area (Å²) in [5, 5.41) is 5.66. The van der Waals surface area contributed by atoms with E-state index in [2.05, 4.69) is 10.6 Å². The lowest BCUT2D eigenvalue weighted by Gasteiger charge is -2.04. The first kappa shape index (κ1) is 11.4. The summed E-state index contributed by atoms with van der Waals surface area (Å²) in [7, 11) is 0. The van der Waals surface area contributed by atoms with Crippen LogP contribution >= 0.6 is 0 Å². The van der Waals surface area contributed by atoms with Gasteiger partial charge < -0.3 is 15.4 Å². The van der Waals surface area contributed by atoms with Crippen LogP contribution in [0.25, 0.3) is 0 Å². The fraction of sp³-hybridized carbons (Fsp3) is 0.875. The van der Waals surface area contributed by atoms with E-state index in [1.54, 1.807) is 0 Å². The van der Waals surface area contributed by atoms with Gasteiger partial charge >= 0.3 is 0 Å². The molecule has 4 nitrogen and oxygen atoms in total. The Morgan fingerprint density at radius 1 is 1.42 bits per heavy atom. The number of ether oxygens (including phenoxy) is 1. The van der Waals surface area contributed by atoms with Gasteiger partial charge in [-0.25, -0.2) is 0 Å². The molecule has 0 aromatic carbocycles. The third kappa shape index (κ3) is 7.50. The van der Waals surface area contributed by atoms with Gasteiger partial charge in [-0.1, -0.05) is 6.92 Å². The first-order chi connectivity index (χ1) is 5.81. The molecule has 0 aliphatic heterocycles. The second-order valence-electron chi connectivity index (χ2n) is 2.33. The topological polar surface area (TPSA) is 50.4 Å². The Labute approximate surface area is 73.7 Å². The van der Waals surface area contributed by atoms with E-state index in [0.29, 0.717) is 26.3 Å². The highest BCUT2D eigenvalue weighted by Gasteiger charge is 1.96. The second kappa shape index (κ2) is 8.49. The number of likely N-dealkylation sites (N-methyl/N-ethyl adjacent to an activating group) is 1. The van der Waals surface area contributed by atoms with Crippen LogP contribution in [0.2, 0.25) is 0 Å². The van der Waals surface area contributed by atoms with Crippen LogP contribution in [0.5, 0.6) is 0 Å². The molecule has 0 aromatic heterocycles. The molecule has 0 aromatic rings. The van der Waals surface area contributed by atoms with Gasteiger partial charge in [0.1, 0.15) is 0 Å². The number of rotatable bonds is 7. The molecular weight excluding hydrogens is 156 g/mol. The maximum atomic E-state index is 10.9. The monoisotopic (exact) mass is 174 g/mol. The number of nitrogens with one attached hydrogen (secondary N) is 2. The second-order valence-corrected chi connectivity index (χ2v) is 2.33. The highest BCUT2D eigenvalue weighted by molar-refractivity contribution is 5.77. The Hall–Kier alpha value is -0.610. The van der Waals surface area contributed by atoms with Gasteiger partial charge in [0.25, 0.3) is 0 Å². The van der Waals surface area contributed by atoms with Crippen LogP contribution in [0.4, 0.5) is 0 Å². The van der Waals surface area contributed by atoms with Gasteiger partial charge in [0.15, 0.2) is 0 Å². The van der Waals surface area contributed by atoms with Gasteiger partial charge in [0.05, 0.1) is 13.2 Å². The third-order valence-electron chi connectivity index (χ3n) is 1.31. The van der Waals surface area contributed by atoms with Crippen molar-refractivity contribution in [3.05, 3.63) is 0 Å². The van der Waals surface area contributed by atoms with Crippen LogP contribution in [0.15, 0.2) is 0 Å². The molecule has 72 valence electrons. The Bertz CT molecular complexity index is 118. The van der Waals surface area contributed by atoms with Crippen molar-refractivity contribution in [2.24, 2.45) is 0 Å². The minimum absolute atomic E-state index is 0.0246. The lowest BCUT2D eigenvalue weighted by molar-refractivity contribution is -0.120. The largest absolute Gasteiger partial charge is 0.380 e.